The van der Waals surface area contributed by atoms with Crippen molar-refractivity contribution in [3.05, 3.63) is 45.6 Å². The van der Waals surface area contributed by atoms with Crippen LogP contribution in [0.5, 0.6) is 0 Å². The Balaban J connectivity index is 2.72. The lowest BCUT2D eigenvalue weighted by molar-refractivity contribution is -0.118. The summed E-state index contributed by atoms with van der Waals surface area (Å²) in [5, 5.41) is 8.74. The predicted octanol–water partition coefficient (Wildman–Crippen LogP) is 1.93. The van der Waals surface area contributed by atoms with Gasteiger partial charge in [-0.2, -0.15) is 5.26 Å². The molecule has 0 radical (unpaired) electrons. The fourth-order valence-electron chi connectivity index (χ4n) is 1.28. The normalized spacial score (nSPS) is 11.2. The summed E-state index contributed by atoms with van der Waals surface area (Å²) in [6.45, 7) is 0.920. The highest BCUT2D eigenvalue weighted by molar-refractivity contribution is 9.10. The maximum absolute atomic E-state index is 11.7. The Morgan fingerprint density at radius 2 is 2.05 bits per heavy atom. The van der Waals surface area contributed by atoms with Gasteiger partial charge >= 0.3 is 5.97 Å². The summed E-state index contributed by atoms with van der Waals surface area (Å²) in [4.78, 5) is 23.3. The summed E-state index contributed by atoms with van der Waals surface area (Å²) in [6, 6.07) is 8.35. The highest BCUT2D eigenvalue weighted by Crippen LogP contribution is 2.16. The topological polar surface area (TPSA) is 93.2 Å². The second-order valence-electron chi connectivity index (χ2n) is 3.65. The Labute approximate surface area is 118 Å². The fourth-order valence-corrected chi connectivity index (χ4v) is 1.72. The molecule has 0 aliphatic heterocycles. The lowest BCUT2D eigenvalue weighted by Crippen LogP contribution is -2.17. The van der Waals surface area contributed by atoms with Crippen molar-refractivity contribution in [2.24, 2.45) is 5.73 Å². The number of nitrogens with zero attached hydrogens (tertiary/aromatic N) is 1. The Morgan fingerprint density at radius 1 is 1.42 bits per heavy atom. The summed E-state index contributed by atoms with van der Waals surface area (Å²) in [6.07, 6.45) is 0. The summed E-state index contributed by atoms with van der Waals surface area (Å²) >= 11 is 3.20. The van der Waals surface area contributed by atoms with Crippen molar-refractivity contribution >= 4 is 27.7 Å². The molecule has 0 heterocycles. The molecule has 19 heavy (non-hydrogen) atoms. The number of Topliss-reactive ketones (excluding diaryl/α,β-unsaturated/α-hetero) is 1. The molecule has 0 unspecified atom stereocenters. The summed E-state index contributed by atoms with van der Waals surface area (Å²) in [5.41, 5.74) is 5.59. The summed E-state index contributed by atoms with van der Waals surface area (Å²) < 4.78 is 5.41. The number of hydrogen-bond donors (Lipinski definition) is 1. The average Bonchev–Trinajstić information content (AvgIpc) is 2.37. The van der Waals surface area contributed by atoms with E-state index < -0.39 is 18.4 Å². The van der Waals surface area contributed by atoms with Crippen molar-refractivity contribution in [1.29, 1.82) is 5.26 Å². The number of ketones is 1. The zero-order chi connectivity index (χ0) is 14.4. The van der Waals surface area contributed by atoms with Crippen LogP contribution in [0.1, 0.15) is 17.3 Å². The quantitative estimate of drug-likeness (QED) is 0.519. The third-order valence-electron chi connectivity index (χ3n) is 2.21. The van der Waals surface area contributed by atoms with E-state index in [-0.39, 0.29) is 11.3 Å². The van der Waals surface area contributed by atoms with Gasteiger partial charge in [0, 0.05) is 10.2 Å². The van der Waals surface area contributed by atoms with E-state index in [2.05, 4.69) is 15.9 Å². The van der Waals surface area contributed by atoms with Crippen LogP contribution >= 0.6 is 15.9 Å². The van der Waals surface area contributed by atoms with E-state index >= 15 is 0 Å². The molecule has 0 bridgehead atoms. The SMILES string of the molecule is CC(N)=C(C#N)C(=O)COC(=O)c1ccccc1Br. The van der Waals surface area contributed by atoms with Gasteiger partial charge in [-0.15, -0.1) is 0 Å². The number of hydrogen-bond acceptors (Lipinski definition) is 5. The highest BCUT2D eigenvalue weighted by atomic mass is 79.9. The molecule has 0 spiro atoms. The van der Waals surface area contributed by atoms with E-state index in [0.717, 1.165) is 0 Å². The van der Waals surface area contributed by atoms with Crippen molar-refractivity contribution in [2.45, 2.75) is 6.92 Å². The van der Waals surface area contributed by atoms with Crippen LogP contribution in [0.4, 0.5) is 0 Å². The highest BCUT2D eigenvalue weighted by Gasteiger charge is 2.16. The van der Waals surface area contributed by atoms with E-state index in [0.29, 0.717) is 10.0 Å². The molecule has 98 valence electrons. The number of halogens is 1. The van der Waals surface area contributed by atoms with E-state index in [1.54, 1.807) is 30.3 Å². The van der Waals surface area contributed by atoms with E-state index in [9.17, 15) is 9.59 Å². The van der Waals surface area contributed by atoms with Crippen LogP contribution in [-0.4, -0.2) is 18.4 Å². The maximum atomic E-state index is 11.7. The van der Waals surface area contributed by atoms with Gasteiger partial charge in [0.25, 0.3) is 0 Å². The number of ether oxygens (including phenoxy) is 1. The Bertz CT molecular complexity index is 584. The third kappa shape index (κ3) is 3.93. The van der Waals surface area contributed by atoms with Gasteiger partial charge in [-0.05, 0) is 35.0 Å². The Kier molecular flexibility index (Phi) is 5.27. The van der Waals surface area contributed by atoms with Gasteiger partial charge in [-0.3, -0.25) is 4.79 Å². The van der Waals surface area contributed by atoms with Crippen molar-refractivity contribution in [3.8, 4) is 6.07 Å². The van der Waals surface area contributed by atoms with Gasteiger partial charge in [-0.1, -0.05) is 12.1 Å². The molecule has 1 rings (SSSR count). The number of rotatable bonds is 4. The number of carbonyl (C=O) groups is 2. The van der Waals surface area contributed by atoms with E-state index in [4.69, 9.17) is 15.7 Å². The van der Waals surface area contributed by atoms with Crippen LogP contribution in [-0.2, 0) is 9.53 Å². The molecule has 0 fully saturated rings. The van der Waals surface area contributed by atoms with Gasteiger partial charge in [-0.25, -0.2) is 4.79 Å². The number of benzene rings is 1. The monoisotopic (exact) mass is 322 g/mol. The van der Waals surface area contributed by atoms with Crippen molar-refractivity contribution in [2.75, 3.05) is 6.61 Å². The molecule has 1 aromatic carbocycles. The second-order valence-corrected chi connectivity index (χ2v) is 4.50. The molecule has 5 nitrogen and oxygen atoms in total. The zero-order valence-corrected chi connectivity index (χ0v) is 11.7. The molecule has 0 saturated carbocycles. The van der Waals surface area contributed by atoms with E-state index in [1.165, 1.54) is 6.92 Å². The van der Waals surface area contributed by atoms with Crippen LogP contribution in [0.25, 0.3) is 0 Å². The minimum atomic E-state index is -0.646. The fraction of sp³-hybridized carbons (Fsp3) is 0.154. The lowest BCUT2D eigenvalue weighted by atomic mass is 10.1. The predicted molar refractivity (Wildman–Crippen MR) is 71.9 cm³/mol. The molecule has 0 aliphatic rings. The second kappa shape index (κ2) is 6.71. The lowest BCUT2D eigenvalue weighted by Gasteiger charge is -2.05. The Morgan fingerprint density at radius 3 is 2.58 bits per heavy atom. The third-order valence-corrected chi connectivity index (χ3v) is 2.90. The maximum Gasteiger partial charge on any atom is 0.339 e. The Hall–Kier alpha value is -2.13. The van der Waals surface area contributed by atoms with Gasteiger partial charge in [0.1, 0.15) is 11.6 Å². The smallest absolute Gasteiger partial charge is 0.339 e. The standard InChI is InChI=1S/C13H11BrN2O3/c1-8(16)10(6-15)12(17)7-19-13(18)9-4-2-3-5-11(9)14/h2-5H,7,16H2,1H3. The number of nitrogens with two attached hydrogens (primary N) is 1. The van der Waals surface area contributed by atoms with Crippen LogP contribution in [0.15, 0.2) is 40.0 Å². The zero-order valence-electron chi connectivity index (χ0n) is 10.1. The largest absolute Gasteiger partial charge is 0.454 e. The van der Waals surface area contributed by atoms with E-state index in [1.807, 2.05) is 0 Å². The number of nitriles is 1. The van der Waals surface area contributed by atoms with Crippen molar-refractivity contribution < 1.29 is 14.3 Å². The van der Waals surface area contributed by atoms with Crippen LogP contribution in [0.3, 0.4) is 0 Å². The van der Waals surface area contributed by atoms with Crippen molar-refractivity contribution in [3.63, 3.8) is 0 Å². The average molecular weight is 323 g/mol. The first kappa shape index (κ1) is 14.9. The van der Waals surface area contributed by atoms with Gasteiger partial charge in [0.05, 0.1) is 5.56 Å². The van der Waals surface area contributed by atoms with Gasteiger partial charge in [0.15, 0.2) is 6.61 Å². The molecule has 0 aromatic heterocycles. The van der Waals surface area contributed by atoms with Crippen LogP contribution in [0.2, 0.25) is 0 Å². The first-order chi connectivity index (χ1) is 8.97. The molecule has 6 heteroatoms. The van der Waals surface area contributed by atoms with Crippen LogP contribution in [0, 0.1) is 11.3 Å². The number of allylic oxidation sites excluding steroid dienone is 1. The molecule has 1 aromatic rings. The number of carbonyl (C=O) groups excluding carboxylic acids is 2. The van der Waals surface area contributed by atoms with Crippen LogP contribution < -0.4 is 5.73 Å². The first-order valence-corrected chi connectivity index (χ1v) is 6.08. The molecule has 0 atom stereocenters. The molecular formula is C13H11BrN2O3. The molecule has 0 aliphatic carbocycles. The van der Waals surface area contributed by atoms with Crippen molar-refractivity contribution in [1.82, 2.24) is 0 Å². The summed E-state index contributed by atoms with van der Waals surface area (Å²) in [7, 11) is 0. The van der Waals surface area contributed by atoms with Gasteiger partial charge in [0.2, 0.25) is 5.78 Å². The molecule has 2 N–H and O–H groups in total. The summed E-state index contributed by atoms with van der Waals surface area (Å²) in [5.74, 6) is -1.27. The molecule has 0 saturated heterocycles. The minimum absolute atomic E-state index is 0.101. The molecule has 0 amide bonds. The van der Waals surface area contributed by atoms with Gasteiger partial charge < -0.3 is 10.5 Å². The first-order valence-electron chi connectivity index (χ1n) is 5.28. The number of esters is 1. The minimum Gasteiger partial charge on any atom is -0.454 e. The molecular weight excluding hydrogens is 312 g/mol.